The van der Waals surface area contributed by atoms with E-state index >= 15 is 0 Å². The van der Waals surface area contributed by atoms with Crippen LogP contribution in [0.2, 0.25) is 0 Å². The van der Waals surface area contributed by atoms with Crippen LogP contribution in [0.1, 0.15) is 48.2 Å². The molecule has 1 rings (SSSR count). The van der Waals surface area contributed by atoms with Crippen molar-refractivity contribution >= 4 is 21.8 Å². The third-order valence-electron chi connectivity index (χ3n) is 3.48. The van der Waals surface area contributed by atoms with Crippen molar-refractivity contribution in [2.45, 2.75) is 46.1 Å². The number of amides is 1. The highest BCUT2D eigenvalue weighted by molar-refractivity contribution is 9.09. The molecular formula is C15H22BrNO. The van der Waals surface area contributed by atoms with Crippen molar-refractivity contribution in [3.05, 3.63) is 34.9 Å². The maximum absolute atomic E-state index is 12.3. The third-order valence-corrected chi connectivity index (χ3v) is 3.88. The zero-order valence-corrected chi connectivity index (χ0v) is 13.2. The molecule has 0 saturated carbocycles. The Balaban J connectivity index is 2.90. The molecule has 0 saturated heterocycles. The van der Waals surface area contributed by atoms with Crippen LogP contribution in [0.15, 0.2) is 18.2 Å². The van der Waals surface area contributed by atoms with Gasteiger partial charge < -0.3 is 5.32 Å². The zero-order chi connectivity index (χ0) is 13.8. The zero-order valence-electron chi connectivity index (χ0n) is 11.6. The van der Waals surface area contributed by atoms with Gasteiger partial charge in [-0.1, -0.05) is 40.5 Å². The molecule has 1 unspecified atom stereocenters. The average Bonchev–Trinajstić information content (AvgIpc) is 2.32. The molecule has 0 aliphatic heterocycles. The van der Waals surface area contributed by atoms with Crippen LogP contribution in [0.5, 0.6) is 0 Å². The molecule has 0 heterocycles. The molecule has 0 radical (unpaired) electrons. The first-order valence-electron chi connectivity index (χ1n) is 6.37. The van der Waals surface area contributed by atoms with Crippen molar-refractivity contribution in [3.8, 4) is 0 Å². The number of rotatable bonds is 5. The smallest absolute Gasteiger partial charge is 0.251 e. The summed E-state index contributed by atoms with van der Waals surface area (Å²) in [6.45, 7) is 8.18. The van der Waals surface area contributed by atoms with E-state index < -0.39 is 0 Å². The highest BCUT2D eigenvalue weighted by atomic mass is 79.9. The van der Waals surface area contributed by atoms with Crippen LogP contribution in [-0.2, 0) is 0 Å². The normalized spacial score (nSPS) is 14.1. The largest absolute Gasteiger partial charge is 0.347 e. The molecule has 100 valence electrons. The molecule has 0 fully saturated rings. The summed E-state index contributed by atoms with van der Waals surface area (Å²) in [6.07, 6.45) is 1.86. The van der Waals surface area contributed by atoms with Crippen molar-refractivity contribution in [1.82, 2.24) is 5.32 Å². The van der Waals surface area contributed by atoms with Crippen molar-refractivity contribution < 1.29 is 4.79 Å². The van der Waals surface area contributed by atoms with Crippen LogP contribution < -0.4 is 5.32 Å². The Kier molecular flexibility index (Phi) is 5.39. The van der Waals surface area contributed by atoms with E-state index in [2.05, 4.69) is 35.1 Å². The summed E-state index contributed by atoms with van der Waals surface area (Å²) >= 11 is 3.45. The van der Waals surface area contributed by atoms with E-state index in [1.807, 2.05) is 32.0 Å². The second-order valence-electron chi connectivity index (χ2n) is 5.13. The van der Waals surface area contributed by atoms with E-state index in [1.165, 1.54) is 0 Å². The maximum Gasteiger partial charge on any atom is 0.251 e. The summed E-state index contributed by atoms with van der Waals surface area (Å²) < 4.78 is 0. The fourth-order valence-corrected chi connectivity index (χ4v) is 2.73. The third kappa shape index (κ3) is 3.84. The average molecular weight is 312 g/mol. The number of carbonyl (C=O) groups excluding carboxylic acids is 1. The fraction of sp³-hybridized carbons (Fsp3) is 0.533. The monoisotopic (exact) mass is 311 g/mol. The highest BCUT2D eigenvalue weighted by Crippen LogP contribution is 2.18. The van der Waals surface area contributed by atoms with Gasteiger partial charge in [-0.25, -0.2) is 0 Å². The Hall–Kier alpha value is -0.830. The molecule has 0 aliphatic carbocycles. The minimum Gasteiger partial charge on any atom is -0.347 e. The first-order valence-corrected chi connectivity index (χ1v) is 7.50. The predicted molar refractivity (Wildman–Crippen MR) is 80.5 cm³/mol. The lowest BCUT2D eigenvalue weighted by Crippen LogP contribution is -2.46. The second-order valence-corrected chi connectivity index (χ2v) is 5.92. The van der Waals surface area contributed by atoms with Gasteiger partial charge >= 0.3 is 0 Å². The van der Waals surface area contributed by atoms with Gasteiger partial charge in [-0.05, 0) is 45.2 Å². The molecule has 1 aromatic rings. The summed E-state index contributed by atoms with van der Waals surface area (Å²) in [5.41, 5.74) is 2.78. The molecule has 0 aromatic heterocycles. The van der Waals surface area contributed by atoms with Crippen LogP contribution >= 0.6 is 15.9 Å². The summed E-state index contributed by atoms with van der Waals surface area (Å²) in [7, 11) is 0. The quantitative estimate of drug-likeness (QED) is 0.819. The Labute approximate surface area is 118 Å². The van der Waals surface area contributed by atoms with Crippen LogP contribution in [-0.4, -0.2) is 16.8 Å². The SMILES string of the molecule is CCC(C)(CCBr)NC(=O)c1cc(C)ccc1C. The molecule has 0 aliphatic rings. The lowest BCUT2D eigenvalue weighted by atomic mass is 9.94. The second kappa shape index (κ2) is 6.37. The van der Waals surface area contributed by atoms with Gasteiger partial charge in [0.25, 0.3) is 5.91 Å². The number of benzene rings is 1. The van der Waals surface area contributed by atoms with Crippen molar-refractivity contribution in [2.24, 2.45) is 0 Å². The standard InChI is InChI=1S/C15H22BrNO/c1-5-15(4,8-9-16)17-14(18)13-10-11(2)6-7-12(13)3/h6-7,10H,5,8-9H2,1-4H3,(H,17,18). The van der Waals surface area contributed by atoms with E-state index in [0.29, 0.717) is 0 Å². The van der Waals surface area contributed by atoms with Crippen molar-refractivity contribution in [1.29, 1.82) is 0 Å². The Morgan fingerprint density at radius 3 is 2.61 bits per heavy atom. The Morgan fingerprint density at radius 2 is 2.06 bits per heavy atom. The molecule has 2 nitrogen and oxygen atoms in total. The lowest BCUT2D eigenvalue weighted by Gasteiger charge is -2.29. The number of hydrogen-bond acceptors (Lipinski definition) is 1. The number of carbonyl (C=O) groups is 1. The number of alkyl halides is 1. The predicted octanol–water partition coefficient (Wildman–Crippen LogP) is 3.99. The molecule has 0 bridgehead atoms. The molecular weight excluding hydrogens is 290 g/mol. The van der Waals surface area contributed by atoms with Gasteiger partial charge in [0, 0.05) is 16.4 Å². The number of halogens is 1. The summed E-state index contributed by atoms with van der Waals surface area (Å²) in [5, 5.41) is 4.05. The molecule has 0 spiro atoms. The van der Waals surface area contributed by atoms with Crippen molar-refractivity contribution in [2.75, 3.05) is 5.33 Å². The lowest BCUT2D eigenvalue weighted by molar-refractivity contribution is 0.0901. The summed E-state index contributed by atoms with van der Waals surface area (Å²) in [6, 6.07) is 5.98. The van der Waals surface area contributed by atoms with Gasteiger partial charge in [0.1, 0.15) is 0 Å². The number of nitrogens with one attached hydrogen (secondary N) is 1. The summed E-state index contributed by atoms with van der Waals surface area (Å²) in [5.74, 6) is 0.0292. The van der Waals surface area contributed by atoms with Gasteiger partial charge in [0.15, 0.2) is 0 Å². The molecule has 1 amide bonds. The van der Waals surface area contributed by atoms with Crippen LogP contribution in [0, 0.1) is 13.8 Å². The minimum absolute atomic E-state index is 0.0292. The van der Waals surface area contributed by atoms with E-state index in [9.17, 15) is 4.79 Å². The van der Waals surface area contributed by atoms with Gasteiger partial charge in [0.05, 0.1) is 0 Å². The van der Waals surface area contributed by atoms with E-state index in [1.54, 1.807) is 0 Å². The van der Waals surface area contributed by atoms with Crippen molar-refractivity contribution in [3.63, 3.8) is 0 Å². The Bertz CT molecular complexity index is 431. The molecule has 18 heavy (non-hydrogen) atoms. The van der Waals surface area contributed by atoms with Crippen LogP contribution in [0.4, 0.5) is 0 Å². The first-order chi connectivity index (χ1) is 8.41. The molecule has 3 heteroatoms. The van der Waals surface area contributed by atoms with Crippen LogP contribution in [0.25, 0.3) is 0 Å². The Morgan fingerprint density at radius 1 is 1.39 bits per heavy atom. The van der Waals surface area contributed by atoms with Gasteiger partial charge in [-0.3, -0.25) is 4.79 Å². The minimum atomic E-state index is -0.142. The topological polar surface area (TPSA) is 29.1 Å². The summed E-state index contributed by atoms with van der Waals surface area (Å²) in [4.78, 5) is 12.3. The van der Waals surface area contributed by atoms with E-state index in [-0.39, 0.29) is 11.4 Å². The van der Waals surface area contributed by atoms with E-state index in [4.69, 9.17) is 0 Å². The molecule has 1 atom stereocenters. The first kappa shape index (κ1) is 15.2. The van der Waals surface area contributed by atoms with Gasteiger partial charge in [-0.2, -0.15) is 0 Å². The molecule has 1 aromatic carbocycles. The van der Waals surface area contributed by atoms with Gasteiger partial charge in [-0.15, -0.1) is 0 Å². The maximum atomic E-state index is 12.3. The molecule has 1 N–H and O–H groups in total. The van der Waals surface area contributed by atoms with Crippen LogP contribution in [0.3, 0.4) is 0 Å². The highest BCUT2D eigenvalue weighted by Gasteiger charge is 2.24. The number of aryl methyl sites for hydroxylation is 2. The fourth-order valence-electron chi connectivity index (χ4n) is 1.86. The van der Waals surface area contributed by atoms with Gasteiger partial charge in [0.2, 0.25) is 0 Å². The van der Waals surface area contributed by atoms with E-state index in [0.717, 1.165) is 34.9 Å². The number of hydrogen-bond donors (Lipinski definition) is 1.